The Balaban J connectivity index is 1.58. The van der Waals surface area contributed by atoms with Crippen molar-refractivity contribution in [1.29, 1.82) is 0 Å². The van der Waals surface area contributed by atoms with Crippen LogP contribution in [0.2, 0.25) is 0 Å². The predicted molar refractivity (Wildman–Crippen MR) is 136 cm³/mol. The van der Waals surface area contributed by atoms with Gasteiger partial charge in [-0.2, -0.15) is 5.10 Å². The Hall–Kier alpha value is -3.30. The van der Waals surface area contributed by atoms with Crippen LogP contribution < -0.4 is 10.2 Å². The van der Waals surface area contributed by atoms with E-state index in [2.05, 4.69) is 54.1 Å². The highest BCUT2D eigenvalue weighted by atomic mass is 32.1. The minimum absolute atomic E-state index is 0.118. The van der Waals surface area contributed by atoms with E-state index in [0.717, 1.165) is 35.6 Å². The number of anilines is 2. The van der Waals surface area contributed by atoms with Gasteiger partial charge in [-0.1, -0.05) is 0 Å². The number of carbonyl (C=O) groups is 1. The van der Waals surface area contributed by atoms with Gasteiger partial charge in [-0.15, -0.1) is 11.3 Å². The molecule has 1 amide bonds. The number of morpholine rings is 1. The molecule has 5 heterocycles. The van der Waals surface area contributed by atoms with Crippen molar-refractivity contribution in [3.05, 3.63) is 52.0 Å². The van der Waals surface area contributed by atoms with Gasteiger partial charge in [0.1, 0.15) is 0 Å². The van der Waals surface area contributed by atoms with Crippen molar-refractivity contribution < 1.29 is 9.53 Å². The lowest BCUT2D eigenvalue weighted by molar-refractivity contribution is 0.102. The molecule has 9 heteroatoms. The third-order valence-electron chi connectivity index (χ3n) is 5.96. The molecule has 1 fully saturated rings. The van der Waals surface area contributed by atoms with E-state index in [-0.39, 0.29) is 11.9 Å². The molecular weight excluding hydrogens is 448 g/mol. The van der Waals surface area contributed by atoms with Gasteiger partial charge in [0, 0.05) is 40.6 Å². The molecule has 8 nitrogen and oxygen atoms in total. The molecule has 4 aromatic heterocycles. The first-order chi connectivity index (χ1) is 16.4. The highest BCUT2D eigenvalue weighted by molar-refractivity contribution is 7.12. The lowest BCUT2D eigenvalue weighted by Crippen LogP contribution is -2.37. The number of thiophene rings is 1. The zero-order valence-corrected chi connectivity index (χ0v) is 20.6. The van der Waals surface area contributed by atoms with Gasteiger partial charge in [-0.05, 0) is 52.0 Å². The SMILES string of the molecule is Cc1cc(-c2cc(C(=O)Nc3cccnc3N3CCOCC3)c3cnn(C(C)C)c3n2)c(C)s1. The molecule has 5 rings (SSSR count). The van der Waals surface area contributed by atoms with E-state index < -0.39 is 0 Å². The first kappa shape index (κ1) is 22.5. The summed E-state index contributed by atoms with van der Waals surface area (Å²) in [6.45, 7) is 11.1. The van der Waals surface area contributed by atoms with E-state index in [1.807, 2.05) is 22.9 Å². The molecular formula is C25H28N6O2S. The Bertz CT molecular complexity index is 1350. The second-order valence-corrected chi connectivity index (χ2v) is 10.2. The standard InChI is InChI=1S/C25H28N6O2S/c1-15(2)31-23-20(14-27-31)19(13-22(28-23)18-12-16(3)34-17(18)4)25(32)29-21-6-5-7-26-24(21)30-8-10-33-11-9-30/h5-7,12-15H,8-11H2,1-4H3,(H,29,32). The third-order valence-corrected chi connectivity index (χ3v) is 6.93. The van der Waals surface area contributed by atoms with Crippen molar-refractivity contribution in [2.45, 2.75) is 33.7 Å². The van der Waals surface area contributed by atoms with Gasteiger partial charge in [-0.25, -0.2) is 14.6 Å². The summed E-state index contributed by atoms with van der Waals surface area (Å²) in [6, 6.07) is 7.85. The fourth-order valence-electron chi connectivity index (χ4n) is 4.32. The van der Waals surface area contributed by atoms with Crippen molar-refractivity contribution in [2.75, 3.05) is 36.5 Å². The number of aromatic nitrogens is 4. The van der Waals surface area contributed by atoms with Gasteiger partial charge in [0.05, 0.1) is 41.7 Å². The summed E-state index contributed by atoms with van der Waals surface area (Å²) >= 11 is 1.73. The molecule has 34 heavy (non-hydrogen) atoms. The number of aryl methyl sites for hydroxylation is 2. The van der Waals surface area contributed by atoms with E-state index in [9.17, 15) is 4.79 Å². The molecule has 0 saturated carbocycles. The number of pyridine rings is 2. The zero-order chi connectivity index (χ0) is 23.8. The fourth-order valence-corrected chi connectivity index (χ4v) is 5.25. The molecule has 176 valence electrons. The number of rotatable bonds is 5. The van der Waals surface area contributed by atoms with Gasteiger partial charge >= 0.3 is 0 Å². The van der Waals surface area contributed by atoms with Crippen molar-refractivity contribution >= 4 is 39.8 Å². The maximum absolute atomic E-state index is 13.7. The number of hydrogen-bond acceptors (Lipinski definition) is 7. The summed E-state index contributed by atoms with van der Waals surface area (Å²) in [6.07, 6.45) is 3.48. The van der Waals surface area contributed by atoms with Crippen LogP contribution in [-0.2, 0) is 4.74 Å². The molecule has 1 aliphatic rings. The molecule has 0 bridgehead atoms. The Morgan fingerprint density at radius 3 is 2.71 bits per heavy atom. The number of nitrogens with one attached hydrogen (secondary N) is 1. The lowest BCUT2D eigenvalue weighted by atomic mass is 10.1. The van der Waals surface area contributed by atoms with Crippen LogP contribution in [-0.4, -0.2) is 52.0 Å². The first-order valence-electron chi connectivity index (χ1n) is 11.5. The molecule has 0 aromatic carbocycles. The Morgan fingerprint density at radius 2 is 2.00 bits per heavy atom. The van der Waals surface area contributed by atoms with Crippen LogP contribution in [0.15, 0.2) is 36.7 Å². The van der Waals surface area contributed by atoms with Crippen molar-refractivity contribution in [2.24, 2.45) is 0 Å². The first-order valence-corrected chi connectivity index (χ1v) is 12.3. The summed E-state index contributed by atoms with van der Waals surface area (Å²) in [7, 11) is 0. The number of carbonyl (C=O) groups excluding carboxylic acids is 1. The predicted octanol–water partition coefficient (Wildman–Crippen LogP) is 4.84. The normalized spacial score (nSPS) is 14.2. The molecule has 1 saturated heterocycles. The molecule has 0 aliphatic carbocycles. The minimum Gasteiger partial charge on any atom is -0.378 e. The summed E-state index contributed by atoms with van der Waals surface area (Å²) in [4.78, 5) is 27.7. The van der Waals surface area contributed by atoms with Gasteiger partial charge in [-0.3, -0.25) is 4.79 Å². The third kappa shape index (κ3) is 4.17. The van der Waals surface area contributed by atoms with Crippen molar-refractivity contribution in [3.8, 4) is 11.3 Å². The van der Waals surface area contributed by atoms with E-state index >= 15 is 0 Å². The average Bonchev–Trinajstić information content (AvgIpc) is 3.41. The summed E-state index contributed by atoms with van der Waals surface area (Å²) in [5.74, 6) is 0.552. The van der Waals surface area contributed by atoms with E-state index in [1.54, 1.807) is 23.7 Å². The summed E-state index contributed by atoms with van der Waals surface area (Å²) in [5.41, 5.74) is 3.76. The zero-order valence-electron chi connectivity index (χ0n) is 19.8. The summed E-state index contributed by atoms with van der Waals surface area (Å²) < 4.78 is 7.34. The topological polar surface area (TPSA) is 85.2 Å². The fraction of sp³-hybridized carbons (Fsp3) is 0.360. The molecule has 1 aliphatic heterocycles. The van der Waals surface area contributed by atoms with Gasteiger partial charge in [0.2, 0.25) is 0 Å². The van der Waals surface area contributed by atoms with Crippen LogP contribution in [0, 0.1) is 13.8 Å². The Labute approximate surface area is 202 Å². The van der Waals surface area contributed by atoms with Gasteiger partial charge in [0.25, 0.3) is 5.91 Å². The largest absolute Gasteiger partial charge is 0.378 e. The lowest BCUT2D eigenvalue weighted by Gasteiger charge is -2.29. The number of nitrogens with zero attached hydrogens (tertiary/aromatic N) is 5. The number of amides is 1. The number of fused-ring (bicyclic) bond motifs is 1. The highest BCUT2D eigenvalue weighted by Crippen LogP contribution is 2.33. The molecule has 1 N–H and O–H groups in total. The maximum atomic E-state index is 13.7. The van der Waals surface area contributed by atoms with Crippen LogP contribution in [0.4, 0.5) is 11.5 Å². The molecule has 0 atom stereocenters. The second-order valence-electron chi connectivity index (χ2n) is 8.73. The molecule has 4 aromatic rings. The van der Waals surface area contributed by atoms with Crippen LogP contribution in [0.1, 0.15) is 40.0 Å². The molecule has 0 radical (unpaired) electrons. The smallest absolute Gasteiger partial charge is 0.256 e. The van der Waals surface area contributed by atoms with Crippen LogP contribution in [0.25, 0.3) is 22.3 Å². The quantitative estimate of drug-likeness (QED) is 0.444. The summed E-state index contributed by atoms with van der Waals surface area (Å²) in [5, 5.41) is 8.38. The molecule has 0 unspecified atom stereocenters. The Morgan fingerprint density at radius 1 is 1.21 bits per heavy atom. The highest BCUT2D eigenvalue weighted by Gasteiger charge is 2.22. The number of ether oxygens (including phenoxy) is 1. The maximum Gasteiger partial charge on any atom is 0.256 e. The Kier molecular flexibility index (Phi) is 6.05. The minimum atomic E-state index is -0.205. The van der Waals surface area contributed by atoms with Crippen LogP contribution in [0.5, 0.6) is 0 Å². The van der Waals surface area contributed by atoms with Crippen LogP contribution >= 0.6 is 11.3 Å². The van der Waals surface area contributed by atoms with Crippen molar-refractivity contribution in [3.63, 3.8) is 0 Å². The van der Waals surface area contributed by atoms with E-state index in [4.69, 9.17) is 9.72 Å². The van der Waals surface area contributed by atoms with Gasteiger partial charge < -0.3 is 15.0 Å². The molecule has 0 spiro atoms. The number of hydrogen-bond donors (Lipinski definition) is 1. The van der Waals surface area contributed by atoms with E-state index in [1.165, 1.54) is 9.75 Å². The second kappa shape index (κ2) is 9.15. The van der Waals surface area contributed by atoms with Crippen molar-refractivity contribution in [1.82, 2.24) is 19.7 Å². The van der Waals surface area contributed by atoms with Gasteiger partial charge in [0.15, 0.2) is 11.5 Å². The average molecular weight is 477 g/mol. The monoisotopic (exact) mass is 476 g/mol. The van der Waals surface area contributed by atoms with Crippen LogP contribution in [0.3, 0.4) is 0 Å². The van der Waals surface area contributed by atoms with E-state index in [0.29, 0.717) is 30.1 Å².